The van der Waals surface area contributed by atoms with Gasteiger partial charge in [0.15, 0.2) is 0 Å². The van der Waals surface area contributed by atoms with Gasteiger partial charge in [-0.3, -0.25) is 0 Å². The molecule has 2 heteroatoms. The Morgan fingerprint density at radius 1 is 1.08 bits per heavy atom. The largest absolute Gasteiger partial charge is 0.304 e. The fourth-order valence-electron chi connectivity index (χ4n) is 1.51. The molecule has 0 atom stereocenters. The van der Waals surface area contributed by atoms with Crippen LogP contribution in [-0.2, 0) is 0 Å². The maximum absolute atomic E-state index is 2.58. The van der Waals surface area contributed by atoms with Gasteiger partial charge in [-0.1, -0.05) is 13.8 Å². The first-order chi connectivity index (χ1) is 5.68. The van der Waals surface area contributed by atoms with Crippen molar-refractivity contribution in [1.29, 1.82) is 0 Å². The Bertz CT molecular complexity index is 115. The van der Waals surface area contributed by atoms with E-state index in [-0.39, 0.29) is 0 Å². The maximum Gasteiger partial charge on any atom is 0.0110 e. The summed E-state index contributed by atoms with van der Waals surface area (Å²) < 4.78 is 0. The number of likely N-dealkylation sites (N-methyl/N-ethyl adjacent to an activating group) is 1. The summed E-state index contributed by atoms with van der Waals surface area (Å²) in [5.74, 6) is 0.852. The van der Waals surface area contributed by atoms with E-state index in [1.807, 2.05) is 0 Å². The van der Waals surface area contributed by atoms with Crippen LogP contribution in [0.3, 0.4) is 0 Å². The summed E-state index contributed by atoms with van der Waals surface area (Å²) in [5.41, 5.74) is 0. The SMILES string of the molecule is CC(C)CCN1CCN(C)CC1. The minimum atomic E-state index is 0.852. The summed E-state index contributed by atoms with van der Waals surface area (Å²) in [4.78, 5) is 4.99. The first-order valence-corrected chi connectivity index (χ1v) is 5.09. The molecule has 1 rings (SSSR count). The predicted molar refractivity (Wildman–Crippen MR) is 53.4 cm³/mol. The lowest BCUT2D eigenvalue weighted by Gasteiger charge is -2.32. The average molecular weight is 170 g/mol. The molecule has 2 nitrogen and oxygen atoms in total. The minimum absolute atomic E-state index is 0.852. The van der Waals surface area contributed by atoms with Crippen LogP contribution in [0, 0.1) is 5.92 Å². The Kier molecular flexibility index (Phi) is 4.02. The number of hydrogen-bond acceptors (Lipinski definition) is 2. The molecule has 1 heterocycles. The second-order valence-corrected chi connectivity index (χ2v) is 4.33. The Morgan fingerprint density at radius 2 is 1.67 bits per heavy atom. The van der Waals surface area contributed by atoms with E-state index in [2.05, 4.69) is 30.7 Å². The zero-order chi connectivity index (χ0) is 8.97. The summed E-state index contributed by atoms with van der Waals surface area (Å²) in [5, 5.41) is 0. The van der Waals surface area contributed by atoms with E-state index in [0.717, 1.165) is 5.92 Å². The van der Waals surface area contributed by atoms with Crippen LogP contribution in [0.25, 0.3) is 0 Å². The molecule has 1 aliphatic rings. The highest BCUT2D eigenvalue weighted by atomic mass is 15.2. The molecular formula is C10H22N2. The molecule has 0 aromatic carbocycles. The molecule has 0 saturated carbocycles. The fourth-order valence-corrected chi connectivity index (χ4v) is 1.51. The summed E-state index contributed by atoms with van der Waals surface area (Å²) in [7, 11) is 2.21. The molecule has 1 aliphatic heterocycles. The lowest BCUT2D eigenvalue weighted by molar-refractivity contribution is 0.148. The second-order valence-electron chi connectivity index (χ2n) is 4.33. The summed E-state index contributed by atoms with van der Waals surface area (Å²) >= 11 is 0. The molecule has 1 saturated heterocycles. The lowest BCUT2D eigenvalue weighted by atomic mass is 10.1. The summed E-state index contributed by atoms with van der Waals surface area (Å²) in [6.45, 7) is 10.9. The molecular weight excluding hydrogens is 148 g/mol. The van der Waals surface area contributed by atoms with Gasteiger partial charge in [0, 0.05) is 26.2 Å². The van der Waals surface area contributed by atoms with Gasteiger partial charge in [-0.15, -0.1) is 0 Å². The monoisotopic (exact) mass is 170 g/mol. The highest BCUT2D eigenvalue weighted by Crippen LogP contribution is 2.04. The van der Waals surface area contributed by atoms with E-state index in [9.17, 15) is 0 Å². The summed E-state index contributed by atoms with van der Waals surface area (Å²) in [6.07, 6.45) is 1.35. The highest BCUT2D eigenvalue weighted by molar-refractivity contribution is 4.69. The van der Waals surface area contributed by atoms with Crippen LogP contribution in [0.5, 0.6) is 0 Å². The molecule has 0 spiro atoms. The van der Waals surface area contributed by atoms with Gasteiger partial charge in [-0.2, -0.15) is 0 Å². The van der Waals surface area contributed by atoms with E-state index in [0.29, 0.717) is 0 Å². The third-order valence-corrected chi connectivity index (χ3v) is 2.62. The zero-order valence-corrected chi connectivity index (χ0v) is 8.71. The molecule has 0 aliphatic carbocycles. The first-order valence-electron chi connectivity index (χ1n) is 5.09. The van der Waals surface area contributed by atoms with Crippen LogP contribution in [0.4, 0.5) is 0 Å². The Hall–Kier alpha value is -0.0800. The van der Waals surface area contributed by atoms with Crippen molar-refractivity contribution < 1.29 is 0 Å². The van der Waals surface area contributed by atoms with Gasteiger partial charge in [-0.25, -0.2) is 0 Å². The number of hydrogen-bond donors (Lipinski definition) is 0. The zero-order valence-electron chi connectivity index (χ0n) is 8.71. The molecule has 0 aromatic heterocycles. The molecule has 1 fully saturated rings. The molecule has 0 radical (unpaired) electrons. The van der Waals surface area contributed by atoms with Crippen molar-refractivity contribution in [3.8, 4) is 0 Å². The minimum Gasteiger partial charge on any atom is -0.304 e. The van der Waals surface area contributed by atoms with E-state index in [1.165, 1.54) is 39.1 Å². The predicted octanol–water partition coefficient (Wildman–Crippen LogP) is 1.28. The first kappa shape index (κ1) is 10.0. The molecule has 0 amide bonds. The van der Waals surface area contributed by atoms with Crippen molar-refractivity contribution in [2.45, 2.75) is 20.3 Å². The molecule has 0 N–H and O–H groups in total. The van der Waals surface area contributed by atoms with Crippen LogP contribution in [0.2, 0.25) is 0 Å². The second kappa shape index (κ2) is 4.83. The van der Waals surface area contributed by atoms with Crippen LogP contribution in [0.15, 0.2) is 0 Å². The van der Waals surface area contributed by atoms with Gasteiger partial charge in [0.25, 0.3) is 0 Å². The van der Waals surface area contributed by atoms with Crippen LogP contribution >= 0.6 is 0 Å². The van der Waals surface area contributed by atoms with Crippen molar-refractivity contribution in [2.24, 2.45) is 5.92 Å². The maximum atomic E-state index is 2.58. The van der Waals surface area contributed by atoms with Gasteiger partial charge in [0.2, 0.25) is 0 Å². The molecule has 72 valence electrons. The lowest BCUT2D eigenvalue weighted by Crippen LogP contribution is -2.44. The topological polar surface area (TPSA) is 6.48 Å². The molecule has 12 heavy (non-hydrogen) atoms. The van der Waals surface area contributed by atoms with Gasteiger partial charge in [-0.05, 0) is 25.9 Å². The van der Waals surface area contributed by atoms with Crippen molar-refractivity contribution >= 4 is 0 Å². The van der Waals surface area contributed by atoms with Crippen molar-refractivity contribution in [2.75, 3.05) is 39.8 Å². The van der Waals surface area contributed by atoms with Crippen LogP contribution in [-0.4, -0.2) is 49.6 Å². The highest BCUT2D eigenvalue weighted by Gasteiger charge is 2.12. The van der Waals surface area contributed by atoms with Gasteiger partial charge < -0.3 is 9.80 Å². The molecule has 0 aromatic rings. The molecule has 0 unspecified atom stereocenters. The quantitative estimate of drug-likeness (QED) is 0.629. The fraction of sp³-hybridized carbons (Fsp3) is 1.00. The number of nitrogens with zero attached hydrogens (tertiary/aromatic N) is 2. The summed E-state index contributed by atoms with van der Waals surface area (Å²) in [6, 6.07) is 0. The standard InChI is InChI=1S/C10H22N2/c1-10(2)4-5-12-8-6-11(3)7-9-12/h10H,4-9H2,1-3H3. The van der Waals surface area contributed by atoms with Crippen LogP contribution < -0.4 is 0 Å². The molecule has 0 bridgehead atoms. The Morgan fingerprint density at radius 3 is 2.17 bits per heavy atom. The van der Waals surface area contributed by atoms with Gasteiger partial charge in [0.1, 0.15) is 0 Å². The van der Waals surface area contributed by atoms with E-state index < -0.39 is 0 Å². The number of rotatable bonds is 3. The van der Waals surface area contributed by atoms with E-state index in [1.54, 1.807) is 0 Å². The average Bonchev–Trinajstić information content (AvgIpc) is 2.03. The van der Waals surface area contributed by atoms with E-state index in [4.69, 9.17) is 0 Å². The van der Waals surface area contributed by atoms with Gasteiger partial charge in [0.05, 0.1) is 0 Å². The third kappa shape index (κ3) is 3.55. The van der Waals surface area contributed by atoms with E-state index >= 15 is 0 Å². The van der Waals surface area contributed by atoms with Gasteiger partial charge >= 0.3 is 0 Å². The van der Waals surface area contributed by atoms with Crippen molar-refractivity contribution in [1.82, 2.24) is 9.80 Å². The smallest absolute Gasteiger partial charge is 0.0110 e. The number of piperazine rings is 1. The third-order valence-electron chi connectivity index (χ3n) is 2.62. The Balaban J connectivity index is 2.09. The Labute approximate surface area is 76.5 Å². The normalized spacial score (nSPS) is 22.0. The van der Waals surface area contributed by atoms with Crippen molar-refractivity contribution in [3.63, 3.8) is 0 Å². The van der Waals surface area contributed by atoms with Crippen molar-refractivity contribution in [3.05, 3.63) is 0 Å². The van der Waals surface area contributed by atoms with Crippen LogP contribution in [0.1, 0.15) is 20.3 Å².